The lowest BCUT2D eigenvalue weighted by atomic mass is 9.60. The van der Waals surface area contributed by atoms with Crippen molar-refractivity contribution in [2.45, 2.75) is 103 Å². The maximum Gasteiger partial charge on any atom is 0.0728 e. The number of nitrogens with two attached hydrogens (primary N) is 2. The number of benzene rings is 6. The topological polar surface area (TPSA) is 99.0 Å². The first-order chi connectivity index (χ1) is 26.4. The van der Waals surface area contributed by atoms with E-state index in [1.54, 1.807) is 0 Å². The third kappa shape index (κ3) is 6.51. The lowest BCUT2D eigenvalue weighted by molar-refractivity contribution is -0.0765. The standard InChI is InChI=1S/C48H60N4O2/c1-5-9-27-51(28-10-6-2)45-33-21-15-13-19-31(33)39(32-20-14-16-22-34(32)45)43-47(53)44(48(43)54)42-40-35(23-17-25-37(40)49)46(36-24-18-26-38(50)41(36)42)52(29-11-7-3)30-12-8-4/h13-26,43-44,47-48,53-54H,5-12,27-30,49-50H2,1-4H3. The number of nitrogens with zero attached hydrogens (tertiary/aromatic N) is 2. The molecule has 0 radical (unpaired) electrons. The number of anilines is 4. The van der Waals surface area contributed by atoms with Crippen LogP contribution in [0.15, 0.2) is 84.9 Å². The third-order valence-corrected chi connectivity index (χ3v) is 12.1. The number of aliphatic hydroxyl groups excluding tert-OH is 2. The molecule has 1 aliphatic rings. The van der Waals surface area contributed by atoms with Crippen LogP contribution in [-0.4, -0.2) is 48.6 Å². The van der Waals surface area contributed by atoms with Crippen molar-refractivity contribution >= 4 is 65.8 Å². The summed E-state index contributed by atoms with van der Waals surface area (Å²) in [4.78, 5) is 5.09. The van der Waals surface area contributed by atoms with E-state index in [9.17, 15) is 10.2 Å². The predicted octanol–water partition coefficient (Wildman–Crippen LogP) is 10.9. The molecule has 0 saturated heterocycles. The molecule has 7 rings (SSSR count). The molecular weight excluding hydrogens is 665 g/mol. The maximum absolute atomic E-state index is 12.6. The molecule has 6 heteroatoms. The Kier molecular flexibility index (Phi) is 11.5. The van der Waals surface area contributed by atoms with Gasteiger partial charge in [-0.3, -0.25) is 0 Å². The molecule has 284 valence electrons. The molecule has 1 aliphatic carbocycles. The van der Waals surface area contributed by atoms with E-state index in [0.717, 1.165) is 127 Å². The minimum absolute atomic E-state index is 0.496. The van der Waals surface area contributed by atoms with E-state index in [-0.39, 0.29) is 0 Å². The second-order valence-electron chi connectivity index (χ2n) is 15.6. The van der Waals surface area contributed by atoms with Gasteiger partial charge in [-0.05, 0) is 59.7 Å². The molecule has 6 nitrogen and oxygen atoms in total. The quantitative estimate of drug-likeness (QED) is 0.0586. The van der Waals surface area contributed by atoms with E-state index in [1.165, 1.54) is 16.5 Å². The number of nitrogen functional groups attached to an aromatic ring is 2. The normalized spacial score (nSPS) is 18.5. The minimum Gasteiger partial charge on any atom is -0.398 e. The van der Waals surface area contributed by atoms with E-state index >= 15 is 0 Å². The summed E-state index contributed by atoms with van der Waals surface area (Å²) >= 11 is 0. The number of fused-ring (bicyclic) bond motifs is 4. The van der Waals surface area contributed by atoms with Gasteiger partial charge in [0.1, 0.15) is 0 Å². The monoisotopic (exact) mass is 724 g/mol. The summed E-state index contributed by atoms with van der Waals surface area (Å²) < 4.78 is 0. The highest BCUT2D eigenvalue weighted by Crippen LogP contribution is 2.57. The van der Waals surface area contributed by atoms with Gasteiger partial charge in [-0.25, -0.2) is 0 Å². The van der Waals surface area contributed by atoms with Gasteiger partial charge in [0, 0.05) is 81.7 Å². The van der Waals surface area contributed by atoms with Crippen molar-refractivity contribution in [1.29, 1.82) is 0 Å². The fourth-order valence-electron chi connectivity index (χ4n) is 9.37. The van der Waals surface area contributed by atoms with Crippen LogP contribution in [0.4, 0.5) is 22.7 Å². The molecule has 6 aromatic carbocycles. The fourth-order valence-corrected chi connectivity index (χ4v) is 9.37. The van der Waals surface area contributed by atoms with E-state index in [2.05, 4.69) is 98.2 Å². The van der Waals surface area contributed by atoms with Crippen LogP contribution in [0.1, 0.15) is 102 Å². The number of hydrogen-bond donors (Lipinski definition) is 4. The summed E-state index contributed by atoms with van der Waals surface area (Å²) in [5.41, 5.74) is 19.5. The summed E-state index contributed by atoms with van der Waals surface area (Å²) in [6.45, 7) is 12.8. The van der Waals surface area contributed by atoms with Gasteiger partial charge in [0.15, 0.2) is 0 Å². The van der Waals surface area contributed by atoms with Crippen molar-refractivity contribution in [2.24, 2.45) is 0 Å². The van der Waals surface area contributed by atoms with Gasteiger partial charge in [0.05, 0.1) is 23.6 Å². The lowest BCUT2D eigenvalue weighted by Crippen LogP contribution is -2.52. The molecule has 0 aliphatic heterocycles. The Labute approximate surface area is 321 Å². The van der Waals surface area contributed by atoms with E-state index < -0.39 is 24.0 Å². The van der Waals surface area contributed by atoms with Crippen LogP contribution in [0.5, 0.6) is 0 Å². The largest absolute Gasteiger partial charge is 0.398 e. The zero-order chi connectivity index (χ0) is 37.9. The van der Waals surface area contributed by atoms with Crippen molar-refractivity contribution in [3.8, 4) is 0 Å². The number of rotatable bonds is 16. The SMILES string of the molecule is CCCCN(CCCC)c1c2ccccc2c(C2C(O)C(c3c4c(N)cccc4c(N(CCCC)CCCC)c4cccc(N)c34)C2O)c2ccccc12. The molecule has 0 amide bonds. The fraction of sp³-hybridized carbons (Fsp3) is 0.417. The lowest BCUT2D eigenvalue weighted by Gasteiger charge is -2.49. The summed E-state index contributed by atoms with van der Waals surface area (Å²) in [6, 6.07) is 29.5. The average Bonchev–Trinajstić information content (AvgIpc) is 3.18. The van der Waals surface area contributed by atoms with Crippen LogP contribution in [-0.2, 0) is 0 Å². The Morgan fingerprint density at radius 1 is 0.444 bits per heavy atom. The van der Waals surface area contributed by atoms with Crippen molar-refractivity contribution < 1.29 is 10.2 Å². The Bertz CT molecular complexity index is 2100. The van der Waals surface area contributed by atoms with Gasteiger partial charge in [0.25, 0.3) is 0 Å². The Morgan fingerprint density at radius 3 is 1.17 bits per heavy atom. The Hall–Kier alpha value is -4.52. The number of hydrogen-bond acceptors (Lipinski definition) is 6. The summed E-state index contributed by atoms with van der Waals surface area (Å²) in [6.07, 6.45) is 7.15. The van der Waals surface area contributed by atoms with Crippen LogP contribution in [0.2, 0.25) is 0 Å². The molecule has 6 N–H and O–H groups in total. The molecule has 0 spiro atoms. The van der Waals surface area contributed by atoms with E-state index in [0.29, 0.717) is 11.4 Å². The number of aliphatic hydroxyl groups is 2. The van der Waals surface area contributed by atoms with Crippen molar-refractivity contribution in [1.82, 2.24) is 0 Å². The minimum atomic E-state index is -0.860. The van der Waals surface area contributed by atoms with Crippen LogP contribution in [0.25, 0.3) is 43.1 Å². The molecule has 2 atom stereocenters. The second kappa shape index (κ2) is 16.5. The molecular formula is C48H60N4O2. The highest BCUT2D eigenvalue weighted by Gasteiger charge is 2.53. The zero-order valence-electron chi connectivity index (χ0n) is 32.8. The average molecular weight is 725 g/mol. The van der Waals surface area contributed by atoms with Gasteiger partial charge in [-0.1, -0.05) is 126 Å². The van der Waals surface area contributed by atoms with Gasteiger partial charge in [0.2, 0.25) is 0 Å². The highest BCUT2D eigenvalue weighted by atomic mass is 16.3. The van der Waals surface area contributed by atoms with E-state index in [4.69, 9.17) is 11.5 Å². The summed E-state index contributed by atoms with van der Waals surface area (Å²) in [5.74, 6) is -1.07. The van der Waals surface area contributed by atoms with Gasteiger partial charge < -0.3 is 31.5 Å². The zero-order valence-corrected chi connectivity index (χ0v) is 32.8. The van der Waals surface area contributed by atoms with E-state index in [1.807, 2.05) is 24.3 Å². The molecule has 2 unspecified atom stereocenters. The molecule has 1 saturated carbocycles. The van der Waals surface area contributed by atoms with Gasteiger partial charge in [-0.2, -0.15) is 0 Å². The Balaban J connectivity index is 1.43. The highest BCUT2D eigenvalue weighted by molar-refractivity contribution is 6.20. The molecule has 0 heterocycles. The molecule has 0 aromatic heterocycles. The second-order valence-corrected chi connectivity index (χ2v) is 15.6. The number of unbranched alkanes of at least 4 members (excludes halogenated alkanes) is 4. The van der Waals surface area contributed by atoms with Crippen molar-refractivity contribution in [3.05, 3.63) is 96.1 Å². The van der Waals surface area contributed by atoms with Crippen LogP contribution >= 0.6 is 0 Å². The molecule has 0 bridgehead atoms. The van der Waals surface area contributed by atoms with Crippen molar-refractivity contribution in [2.75, 3.05) is 47.4 Å². The predicted molar refractivity (Wildman–Crippen MR) is 233 cm³/mol. The third-order valence-electron chi connectivity index (χ3n) is 12.1. The van der Waals surface area contributed by atoms with Crippen LogP contribution in [0, 0.1) is 0 Å². The Morgan fingerprint density at radius 2 is 0.778 bits per heavy atom. The maximum atomic E-state index is 12.6. The van der Waals surface area contributed by atoms with Gasteiger partial charge in [-0.15, -0.1) is 0 Å². The van der Waals surface area contributed by atoms with Crippen molar-refractivity contribution in [3.63, 3.8) is 0 Å². The first-order valence-corrected chi connectivity index (χ1v) is 20.7. The molecule has 6 aromatic rings. The van der Waals surface area contributed by atoms with Crippen LogP contribution < -0.4 is 21.3 Å². The van der Waals surface area contributed by atoms with Crippen LogP contribution in [0.3, 0.4) is 0 Å². The first-order valence-electron chi connectivity index (χ1n) is 20.7. The first kappa shape index (κ1) is 37.8. The smallest absolute Gasteiger partial charge is 0.0728 e. The summed E-state index contributed by atoms with van der Waals surface area (Å²) in [5, 5.41) is 33.7. The summed E-state index contributed by atoms with van der Waals surface area (Å²) in [7, 11) is 0. The molecule has 1 fully saturated rings. The van der Waals surface area contributed by atoms with Gasteiger partial charge >= 0.3 is 0 Å². The molecule has 54 heavy (non-hydrogen) atoms.